The molecule has 1 aromatic rings. The molecule has 21 heavy (non-hydrogen) atoms. The van der Waals surface area contributed by atoms with E-state index in [1.54, 1.807) is 0 Å². The summed E-state index contributed by atoms with van der Waals surface area (Å²) < 4.78 is 0. The molecule has 0 saturated carbocycles. The van der Waals surface area contributed by atoms with Crippen LogP contribution in [0.25, 0.3) is 0 Å². The standard InChI is InChI=1S/C18H29ClN2/c1-5-6-16-11-20-17(18(2,3)4)13-21(16)12-14-7-9-15(19)10-8-14/h7-10,16-17,20H,5-6,11-13H2,1-4H3. The second-order valence-electron chi connectivity index (χ2n) is 7.33. The lowest BCUT2D eigenvalue weighted by Crippen LogP contribution is -2.59. The Morgan fingerprint density at radius 2 is 1.90 bits per heavy atom. The number of hydrogen-bond donors (Lipinski definition) is 1. The van der Waals surface area contributed by atoms with Crippen molar-refractivity contribution in [2.24, 2.45) is 5.41 Å². The molecule has 0 radical (unpaired) electrons. The van der Waals surface area contributed by atoms with E-state index in [9.17, 15) is 0 Å². The number of benzene rings is 1. The summed E-state index contributed by atoms with van der Waals surface area (Å²) in [5, 5.41) is 4.57. The summed E-state index contributed by atoms with van der Waals surface area (Å²) in [5.41, 5.74) is 1.66. The molecule has 2 unspecified atom stereocenters. The van der Waals surface area contributed by atoms with Gasteiger partial charge in [0, 0.05) is 36.7 Å². The lowest BCUT2D eigenvalue weighted by atomic mass is 9.84. The number of rotatable bonds is 4. The van der Waals surface area contributed by atoms with Gasteiger partial charge in [-0.05, 0) is 29.5 Å². The number of piperazine rings is 1. The molecule has 0 spiro atoms. The monoisotopic (exact) mass is 308 g/mol. The molecule has 2 nitrogen and oxygen atoms in total. The fourth-order valence-electron chi connectivity index (χ4n) is 3.07. The Bertz CT molecular complexity index is 436. The Kier molecular flexibility index (Phi) is 5.70. The Hall–Kier alpha value is -0.570. The van der Waals surface area contributed by atoms with Crippen molar-refractivity contribution in [1.29, 1.82) is 0 Å². The Morgan fingerprint density at radius 3 is 2.48 bits per heavy atom. The van der Waals surface area contributed by atoms with Crippen LogP contribution >= 0.6 is 11.6 Å². The van der Waals surface area contributed by atoms with Crippen LogP contribution in [0.15, 0.2) is 24.3 Å². The van der Waals surface area contributed by atoms with Crippen LogP contribution in [0.4, 0.5) is 0 Å². The molecular weight excluding hydrogens is 280 g/mol. The molecule has 2 rings (SSSR count). The van der Waals surface area contributed by atoms with Crippen molar-refractivity contribution >= 4 is 11.6 Å². The molecule has 1 aromatic carbocycles. The summed E-state index contributed by atoms with van der Waals surface area (Å²) in [5.74, 6) is 0. The Balaban J connectivity index is 2.08. The smallest absolute Gasteiger partial charge is 0.0406 e. The fourth-order valence-corrected chi connectivity index (χ4v) is 3.20. The van der Waals surface area contributed by atoms with E-state index in [-0.39, 0.29) is 0 Å². The zero-order chi connectivity index (χ0) is 15.5. The van der Waals surface area contributed by atoms with E-state index in [2.05, 4.69) is 50.0 Å². The van der Waals surface area contributed by atoms with Gasteiger partial charge < -0.3 is 5.32 Å². The number of nitrogens with one attached hydrogen (secondary N) is 1. The van der Waals surface area contributed by atoms with Crippen molar-refractivity contribution < 1.29 is 0 Å². The highest BCUT2D eigenvalue weighted by Crippen LogP contribution is 2.26. The van der Waals surface area contributed by atoms with E-state index >= 15 is 0 Å². The molecule has 1 saturated heterocycles. The van der Waals surface area contributed by atoms with Gasteiger partial charge >= 0.3 is 0 Å². The fraction of sp³-hybridized carbons (Fsp3) is 0.667. The van der Waals surface area contributed by atoms with Crippen molar-refractivity contribution in [3.63, 3.8) is 0 Å². The van der Waals surface area contributed by atoms with Gasteiger partial charge in [-0.15, -0.1) is 0 Å². The maximum absolute atomic E-state index is 5.99. The molecule has 1 aliphatic heterocycles. The van der Waals surface area contributed by atoms with Crippen LogP contribution in [0.3, 0.4) is 0 Å². The first kappa shape index (κ1) is 16.8. The summed E-state index contributed by atoms with van der Waals surface area (Å²) in [6.07, 6.45) is 2.50. The van der Waals surface area contributed by atoms with Gasteiger partial charge in [-0.2, -0.15) is 0 Å². The normalized spacial score (nSPS) is 24.2. The lowest BCUT2D eigenvalue weighted by molar-refractivity contribution is 0.0748. The third-order valence-corrected chi connectivity index (χ3v) is 4.75. The largest absolute Gasteiger partial charge is 0.311 e. The van der Waals surface area contributed by atoms with Gasteiger partial charge in [-0.3, -0.25) is 4.90 Å². The van der Waals surface area contributed by atoms with Gasteiger partial charge in [0.2, 0.25) is 0 Å². The lowest BCUT2D eigenvalue weighted by Gasteiger charge is -2.45. The highest BCUT2D eigenvalue weighted by Gasteiger charge is 2.33. The molecule has 1 aliphatic rings. The predicted molar refractivity (Wildman–Crippen MR) is 91.8 cm³/mol. The summed E-state index contributed by atoms with van der Waals surface area (Å²) in [7, 11) is 0. The van der Waals surface area contributed by atoms with Gasteiger partial charge in [-0.25, -0.2) is 0 Å². The first-order valence-electron chi connectivity index (χ1n) is 8.12. The summed E-state index contributed by atoms with van der Waals surface area (Å²) in [6.45, 7) is 12.5. The van der Waals surface area contributed by atoms with Crippen LogP contribution in [0.5, 0.6) is 0 Å². The van der Waals surface area contributed by atoms with E-state index in [4.69, 9.17) is 11.6 Å². The number of nitrogens with zero attached hydrogens (tertiary/aromatic N) is 1. The first-order valence-corrected chi connectivity index (χ1v) is 8.50. The predicted octanol–water partition coefficient (Wildman–Crippen LogP) is 4.33. The van der Waals surface area contributed by atoms with Crippen LogP contribution < -0.4 is 5.32 Å². The summed E-state index contributed by atoms with van der Waals surface area (Å²) >= 11 is 5.99. The number of halogens is 1. The zero-order valence-corrected chi connectivity index (χ0v) is 14.6. The minimum Gasteiger partial charge on any atom is -0.311 e. The second kappa shape index (κ2) is 7.13. The van der Waals surface area contributed by atoms with Gasteiger partial charge in [0.05, 0.1) is 0 Å². The molecule has 1 heterocycles. The molecule has 0 aromatic heterocycles. The van der Waals surface area contributed by atoms with Gasteiger partial charge in [0.15, 0.2) is 0 Å². The van der Waals surface area contributed by atoms with Crippen LogP contribution in [0.1, 0.15) is 46.1 Å². The summed E-state index contributed by atoms with van der Waals surface area (Å²) in [4.78, 5) is 2.65. The van der Waals surface area contributed by atoms with E-state index < -0.39 is 0 Å². The Labute approximate surface area is 134 Å². The topological polar surface area (TPSA) is 15.3 Å². The van der Waals surface area contributed by atoms with Crippen molar-refractivity contribution in [2.75, 3.05) is 13.1 Å². The molecule has 0 bridgehead atoms. The van der Waals surface area contributed by atoms with E-state index in [1.807, 2.05) is 12.1 Å². The van der Waals surface area contributed by atoms with Crippen LogP contribution in [0.2, 0.25) is 5.02 Å². The molecule has 2 atom stereocenters. The average Bonchev–Trinajstić information content (AvgIpc) is 2.42. The SMILES string of the molecule is CCCC1CNC(C(C)(C)C)CN1Cc1ccc(Cl)cc1. The van der Waals surface area contributed by atoms with Gasteiger partial charge in [-0.1, -0.05) is 57.8 Å². The van der Waals surface area contributed by atoms with Gasteiger partial charge in [0.25, 0.3) is 0 Å². The third-order valence-electron chi connectivity index (χ3n) is 4.50. The minimum absolute atomic E-state index is 0.301. The molecule has 3 heteroatoms. The van der Waals surface area contributed by atoms with Crippen LogP contribution in [-0.2, 0) is 6.54 Å². The zero-order valence-electron chi connectivity index (χ0n) is 13.8. The van der Waals surface area contributed by atoms with Crippen molar-refractivity contribution in [2.45, 2.75) is 59.2 Å². The highest BCUT2D eigenvalue weighted by atomic mass is 35.5. The number of hydrogen-bond acceptors (Lipinski definition) is 2. The molecule has 0 aliphatic carbocycles. The van der Waals surface area contributed by atoms with Crippen LogP contribution in [-0.4, -0.2) is 30.1 Å². The Morgan fingerprint density at radius 1 is 1.24 bits per heavy atom. The molecule has 1 fully saturated rings. The molecule has 1 N–H and O–H groups in total. The minimum atomic E-state index is 0.301. The molecule has 118 valence electrons. The van der Waals surface area contributed by atoms with Crippen molar-refractivity contribution in [1.82, 2.24) is 10.2 Å². The highest BCUT2D eigenvalue weighted by molar-refractivity contribution is 6.30. The van der Waals surface area contributed by atoms with E-state index in [1.165, 1.54) is 18.4 Å². The maximum atomic E-state index is 5.99. The van der Waals surface area contributed by atoms with Gasteiger partial charge in [0.1, 0.15) is 0 Å². The third kappa shape index (κ3) is 4.70. The molecule has 0 amide bonds. The summed E-state index contributed by atoms with van der Waals surface area (Å²) in [6, 6.07) is 9.49. The first-order chi connectivity index (χ1) is 9.90. The average molecular weight is 309 g/mol. The van der Waals surface area contributed by atoms with E-state index in [0.717, 1.165) is 24.7 Å². The maximum Gasteiger partial charge on any atom is 0.0406 e. The quantitative estimate of drug-likeness (QED) is 0.890. The van der Waals surface area contributed by atoms with Crippen molar-refractivity contribution in [3.05, 3.63) is 34.9 Å². The van der Waals surface area contributed by atoms with Crippen molar-refractivity contribution in [3.8, 4) is 0 Å². The molecular formula is C18H29ClN2. The van der Waals surface area contributed by atoms with Crippen LogP contribution in [0, 0.1) is 5.41 Å². The van der Waals surface area contributed by atoms with E-state index in [0.29, 0.717) is 17.5 Å². The second-order valence-corrected chi connectivity index (χ2v) is 7.76.